The zero-order valence-corrected chi connectivity index (χ0v) is 17.0. The summed E-state index contributed by atoms with van der Waals surface area (Å²) in [6, 6.07) is 8.64. The Kier molecular flexibility index (Phi) is 4.84. The number of hydrogen-bond donors (Lipinski definition) is 2. The third-order valence-electron chi connectivity index (χ3n) is 5.58. The second kappa shape index (κ2) is 7.56. The number of hydrazone groups is 1. The number of aryl methyl sites for hydroxylation is 1. The maximum absolute atomic E-state index is 15.5. The van der Waals surface area contributed by atoms with E-state index in [1.54, 1.807) is 24.3 Å². The molecule has 0 spiro atoms. The highest BCUT2D eigenvalue weighted by Gasteiger charge is 2.47. The lowest BCUT2D eigenvalue weighted by atomic mass is 9.89. The van der Waals surface area contributed by atoms with Crippen LogP contribution < -0.4 is 11.5 Å². The monoisotopic (exact) mass is 426 g/mol. The standard InChI is InChI=1S/C21H23FN6O3/c1-12-5-6-16(31-12)18-26-20(23)27-19-21(24,11-25-28(18)19)15-4-2-3-13(17(15)22)9-30-14-7-8-29-10-14/h2-6,11,14,18H,7-10,24H2,1H3,(H2,23,26). The van der Waals surface area contributed by atoms with Crippen molar-refractivity contribution < 1.29 is 18.3 Å². The molecule has 3 aliphatic rings. The summed E-state index contributed by atoms with van der Waals surface area (Å²) in [5.74, 6) is 1.09. The van der Waals surface area contributed by atoms with E-state index in [4.69, 9.17) is 25.4 Å². The van der Waals surface area contributed by atoms with E-state index in [-0.39, 0.29) is 30.1 Å². The van der Waals surface area contributed by atoms with Gasteiger partial charge >= 0.3 is 0 Å². The average molecular weight is 426 g/mol. The number of amidine groups is 1. The highest BCUT2D eigenvalue weighted by atomic mass is 19.1. The summed E-state index contributed by atoms with van der Waals surface area (Å²) in [7, 11) is 0. The summed E-state index contributed by atoms with van der Waals surface area (Å²) >= 11 is 0. The Hall–Kier alpha value is -3.08. The van der Waals surface area contributed by atoms with Crippen molar-refractivity contribution in [3.8, 4) is 0 Å². The van der Waals surface area contributed by atoms with E-state index in [0.29, 0.717) is 24.5 Å². The van der Waals surface area contributed by atoms with Crippen molar-refractivity contribution in [1.82, 2.24) is 5.01 Å². The Morgan fingerprint density at radius 3 is 2.94 bits per heavy atom. The lowest BCUT2D eigenvalue weighted by Gasteiger charge is -2.31. The number of hydrogen-bond acceptors (Lipinski definition) is 9. The minimum absolute atomic E-state index is 0.0201. The number of nitrogens with zero attached hydrogens (tertiary/aromatic N) is 4. The number of ether oxygens (including phenoxy) is 2. The molecule has 0 radical (unpaired) electrons. The van der Waals surface area contributed by atoms with E-state index < -0.39 is 17.5 Å². The summed E-state index contributed by atoms with van der Waals surface area (Å²) in [5, 5.41) is 5.89. The Bertz CT molecular complexity index is 1090. The summed E-state index contributed by atoms with van der Waals surface area (Å²) in [6.07, 6.45) is 1.55. The SMILES string of the molecule is Cc1ccc(C2N=C(N)N=C3N2N=CC3(N)c2cccc(COC3CCOC3)c2F)o1. The van der Waals surface area contributed by atoms with Crippen LogP contribution in [-0.2, 0) is 21.6 Å². The van der Waals surface area contributed by atoms with Crippen molar-refractivity contribution in [3.63, 3.8) is 0 Å². The first kappa shape index (κ1) is 19.9. The first-order valence-electron chi connectivity index (χ1n) is 10.0. The molecule has 0 aliphatic carbocycles. The maximum atomic E-state index is 15.5. The van der Waals surface area contributed by atoms with Crippen molar-refractivity contribution in [1.29, 1.82) is 0 Å². The predicted octanol–water partition coefficient (Wildman–Crippen LogP) is 1.91. The highest BCUT2D eigenvalue weighted by Crippen LogP contribution is 2.37. The molecule has 0 bridgehead atoms. The topological polar surface area (TPSA) is 124 Å². The van der Waals surface area contributed by atoms with Gasteiger partial charge in [0.2, 0.25) is 12.1 Å². The van der Waals surface area contributed by atoms with Crippen molar-refractivity contribution >= 4 is 18.0 Å². The summed E-state index contributed by atoms with van der Waals surface area (Å²) in [5.41, 5.74) is 11.8. The molecule has 1 aromatic carbocycles. The van der Waals surface area contributed by atoms with Crippen LogP contribution in [-0.4, -0.2) is 42.3 Å². The number of rotatable bonds is 5. The smallest absolute Gasteiger partial charge is 0.219 e. The fourth-order valence-electron chi connectivity index (χ4n) is 3.92. The molecule has 1 fully saturated rings. The zero-order valence-electron chi connectivity index (χ0n) is 17.0. The number of furan rings is 1. The third-order valence-corrected chi connectivity index (χ3v) is 5.58. The fraction of sp³-hybridized carbons (Fsp3) is 0.381. The van der Waals surface area contributed by atoms with Crippen LogP contribution in [0.15, 0.2) is 49.8 Å². The van der Waals surface area contributed by atoms with Gasteiger partial charge in [0.05, 0.1) is 25.5 Å². The van der Waals surface area contributed by atoms with Gasteiger partial charge in [0.25, 0.3) is 0 Å². The number of aliphatic imine (C=N–C) groups is 2. The molecular weight excluding hydrogens is 403 g/mol. The molecule has 5 rings (SSSR count). The van der Waals surface area contributed by atoms with Crippen LogP contribution >= 0.6 is 0 Å². The summed E-state index contributed by atoms with van der Waals surface area (Å²) in [6.45, 7) is 3.13. The van der Waals surface area contributed by atoms with Crippen LogP contribution in [0.1, 0.15) is 35.2 Å². The van der Waals surface area contributed by atoms with Crippen LogP contribution in [0, 0.1) is 12.7 Å². The Labute approximate surface area is 178 Å². The fourth-order valence-corrected chi connectivity index (χ4v) is 3.92. The highest BCUT2D eigenvalue weighted by molar-refractivity contribution is 6.14. The van der Waals surface area contributed by atoms with Gasteiger partial charge in [-0.25, -0.2) is 14.4 Å². The van der Waals surface area contributed by atoms with Gasteiger partial charge in [-0.1, -0.05) is 18.2 Å². The van der Waals surface area contributed by atoms with Gasteiger partial charge in [0.1, 0.15) is 17.1 Å². The van der Waals surface area contributed by atoms with Crippen LogP contribution in [0.5, 0.6) is 0 Å². The molecule has 10 heteroatoms. The summed E-state index contributed by atoms with van der Waals surface area (Å²) < 4.78 is 32.3. The van der Waals surface area contributed by atoms with E-state index in [2.05, 4.69) is 15.1 Å². The van der Waals surface area contributed by atoms with Crippen LogP contribution in [0.2, 0.25) is 0 Å². The van der Waals surface area contributed by atoms with Gasteiger partial charge in [-0.2, -0.15) is 10.1 Å². The van der Waals surface area contributed by atoms with Crippen LogP contribution in [0.3, 0.4) is 0 Å². The molecule has 3 atom stereocenters. The van der Waals surface area contributed by atoms with E-state index in [0.717, 1.165) is 12.2 Å². The van der Waals surface area contributed by atoms with Crippen molar-refractivity contribution in [2.45, 2.75) is 37.8 Å². The minimum Gasteiger partial charge on any atom is -0.462 e. The van der Waals surface area contributed by atoms with Gasteiger partial charge in [-0.15, -0.1) is 0 Å². The molecule has 3 unspecified atom stereocenters. The van der Waals surface area contributed by atoms with E-state index in [1.165, 1.54) is 11.2 Å². The molecular formula is C21H23FN6O3. The molecule has 0 saturated carbocycles. The molecule has 4 N–H and O–H groups in total. The lowest BCUT2D eigenvalue weighted by molar-refractivity contribution is 0.0304. The first-order valence-corrected chi connectivity index (χ1v) is 10.0. The molecule has 3 aliphatic heterocycles. The maximum Gasteiger partial charge on any atom is 0.219 e. The second-order valence-corrected chi connectivity index (χ2v) is 7.78. The van der Waals surface area contributed by atoms with Gasteiger partial charge < -0.3 is 25.4 Å². The number of nitrogens with two attached hydrogens (primary N) is 2. The zero-order chi connectivity index (χ0) is 21.6. The van der Waals surface area contributed by atoms with Crippen molar-refractivity contribution in [2.24, 2.45) is 26.6 Å². The Morgan fingerprint density at radius 1 is 1.32 bits per heavy atom. The molecule has 31 heavy (non-hydrogen) atoms. The van der Waals surface area contributed by atoms with Gasteiger partial charge in [-0.05, 0) is 25.5 Å². The van der Waals surface area contributed by atoms with Crippen LogP contribution in [0.4, 0.5) is 4.39 Å². The number of halogens is 1. The number of benzene rings is 1. The Balaban J connectivity index is 1.46. The lowest BCUT2D eigenvalue weighted by Crippen LogP contribution is -2.51. The quantitative estimate of drug-likeness (QED) is 0.753. The van der Waals surface area contributed by atoms with Gasteiger partial charge in [-0.3, -0.25) is 0 Å². The average Bonchev–Trinajstić information content (AvgIpc) is 3.49. The molecule has 9 nitrogen and oxygen atoms in total. The van der Waals surface area contributed by atoms with E-state index >= 15 is 4.39 Å². The first-order chi connectivity index (χ1) is 15.0. The molecule has 4 heterocycles. The normalized spacial score (nSPS) is 27.4. The van der Waals surface area contributed by atoms with E-state index in [9.17, 15) is 0 Å². The predicted molar refractivity (Wildman–Crippen MR) is 112 cm³/mol. The van der Waals surface area contributed by atoms with Crippen molar-refractivity contribution in [3.05, 3.63) is 58.8 Å². The molecule has 1 saturated heterocycles. The van der Waals surface area contributed by atoms with Gasteiger partial charge in [0, 0.05) is 17.7 Å². The van der Waals surface area contributed by atoms with Crippen LogP contribution in [0.25, 0.3) is 0 Å². The number of guanidine groups is 1. The summed E-state index contributed by atoms with van der Waals surface area (Å²) in [4.78, 5) is 8.63. The van der Waals surface area contributed by atoms with Crippen molar-refractivity contribution in [2.75, 3.05) is 13.2 Å². The molecule has 1 aromatic heterocycles. The molecule has 2 aromatic rings. The van der Waals surface area contributed by atoms with Gasteiger partial charge in [0.15, 0.2) is 11.6 Å². The third kappa shape index (κ3) is 3.42. The second-order valence-electron chi connectivity index (χ2n) is 7.78. The van der Waals surface area contributed by atoms with E-state index in [1.807, 2.05) is 13.0 Å². The Morgan fingerprint density at radius 2 is 2.19 bits per heavy atom. The molecule has 0 amide bonds. The largest absolute Gasteiger partial charge is 0.462 e. The molecule has 162 valence electrons. The number of fused-ring (bicyclic) bond motifs is 1. The minimum atomic E-state index is -1.42.